The first-order valence-corrected chi connectivity index (χ1v) is 6.72. The fourth-order valence-electron chi connectivity index (χ4n) is 2.86. The van der Waals surface area contributed by atoms with Crippen LogP contribution in [-0.4, -0.2) is 10.1 Å². The molecule has 3 rings (SSSR count). The lowest BCUT2D eigenvalue weighted by atomic mass is 10.0. The fraction of sp³-hybridized carbons (Fsp3) is 0.312. The van der Waals surface area contributed by atoms with E-state index in [4.69, 9.17) is 0 Å². The minimum atomic E-state index is 0.279. The number of benzene rings is 1. The van der Waals surface area contributed by atoms with Crippen LogP contribution >= 0.6 is 0 Å². The Bertz CT molecular complexity index is 568. The van der Waals surface area contributed by atoms with Crippen molar-refractivity contribution in [2.45, 2.75) is 31.8 Å². The number of rotatable bonds is 3. The molecule has 1 unspecified atom stereocenters. The lowest BCUT2D eigenvalue weighted by Crippen LogP contribution is -2.22. The van der Waals surface area contributed by atoms with Gasteiger partial charge >= 0.3 is 0 Å². The molecule has 98 valence electrons. The average Bonchev–Trinajstić information content (AvgIpc) is 2.84. The molecule has 0 saturated heterocycles. The summed E-state index contributed by atoms with van der Waals surface area (Å²) in [7, 11) is 0. The molecule has 1 aromatic carbocycles. The molecule has 2 atom stereocenters. The van der Waals surface area contributed by atoms with Gasteiger partial charge in [0.15, 0.2) is 0 Å². The normalized spacial score (nSPS) is 19.1. The molecule has 0 bridgehead atoms. The van der Waals surface area contributed by atoms with Crippen LogP contribution in [0.3, 0.4) is 0 Å². The smallest absolute Gasteiger partial charge is 0.119 e. The van der Waals surface area contributed by atoms with E-state index in [0.717, 1.165) is 18.4 Å². The Hall–Kier alpha value is -1.87. The van der Waals surface area contributed by atoms with Crippen LogP contribution in [-0.2, 0) is 6.42 Å². The number of hydrogen-bond donors (Lipinski definition) is 2. The first kappa shape index (κ1) is 12.2. The Morgan fingerprint density at radius 1 is 1.26 bits per heavy atom. The van der Waals surface area contributed by atoms with Gasteiger partial charge in [-0.15, -0.1) is 0 Å². The largest absolute Gasteiger partial charge is 0.508 e. The third kappa shape index (κ3) is 2.34. The first-order valence-electron chi connectivity index (χ1n) is 6.72. The summed E-state index contributed by atoms with van der Waals surface area (Å²) in [6.45, 7) is 2.16. The summed E-state index contributed by atoms with van der Waals surface area (Å²) in [6, 6.07) is 10.5. The SMILES string of the molecule is C[C@@H](NC1CCc2c(O)cccc21)c1ccncc1. The van der Waals surface area contributed by atoms with Crippen molar-refractivity contribution in [2.24, 2.45) is 0 Å². The predicted octanol–water partition coefficient (Wildman–Crippen LogP) is 3.13. The molecule has 1 aromatic heterocycles. The van der Waals surface area contributed by atoms with Crippen LogP contribution in [0.1, 0.15) is 42.1 Å². The number of phenols is 1. The first-order chi connectivity index (χ1) is 9.25. The van der Waals surface area contributed by atoms with Crippen LogP contribution in [0.2, 0.25) is 0 Å². The summed E-state index contributed by atoms with van der Waals surface area (Å²) < 4.78 is 0. The molecule has 1 aliphatic carbocycles. The van der Waals surface area contributed by atoms with E-state index in [1.807, 2.05) is 30.6 Å². The Kier molecular flexibility index (Phi) is 3.22. The molecule has 19 heavy (non-hydrogen) atoms. The van der Waals surface area contributed by atoms with Gasteiger partial charge in [0.2, 0.25) is 0 Å². The van der Waals surface area contributed by atoms with Crippen molar-refractivity contribution in [3.8, 4) is 5.75 Å². The number of hydrogen-bond acceptors (Lipinski definition) is 3. The molecule has 0 aliphatic heterocycles. The number of aromatic nitrogens is 1. The van der Waals surface area contributed by atoms with Crippen LogP contribution in [0.5, 0.6) is 5.75 Å². The quantitative estimate of drug-likeness (QED) is 0.884. The molecule has 3 heteroatoms. The highest BCUT2D eigenvalue weighted by Gasteiger charge is 2.25. The molecule has 0 fully saturated rings. The van der Waals surface area contributed by atoms with Gasteiger partial charge in [-0.1, -0.05) is 12.1 Å². The maximum absolute atomic E-state index is 9.86. The Labute approximate surface area is 113 Å². The summed E-state index contributed by atoms with van der Waals surface area (Å²) in [6.07, 6.45) is 5.63. The maximum Gasteiger partial charge on any atom is 0.119 e. The Morgan fingerprint density at radius 2 is 2.05 bits per heavy atom. The third-order valence-electron chi connectivity index (χ3n) is 3.90. The number of phenolic OH excluding ortho intramolecular Hbond substituents is 1. The van der Waals surface area contributed by atoms with Crippen molar-refractivity contribution in [1.82, 2.24) is 10.3 Å². The number of pyridine rings is 1. The summed E-state index contributed by atoms with van der Waals surface area (Å²) in [5, 5.41) is 13.5. The molecule has 1 heterocycles. The summed E-state index contributed by atoms with van der Waals surface area (Å²) >= 11 is 0. The number of aromatic hydroxyl groups is 1. The zero-order chi connectivity index (χ0) is 13.2. The van der Waals surface area contributed by atoms with E-state index in [2.05, 4.69) is 23.3 Å². The topological polar surface area (TPSA) is 45.1 Å². The van der Waals surface area contributed by atoms with Gasteiger partial charge in [-0.3, -0.25) is 4.98 Å². The lowest BCUT2D eigenvalue weighted by Gasteiger charge is -2.20. The molecule has 0 spiro atoms. The third-order valence-corrected chi connectivity index (χ3v) is 3.90. The van der Waals surface area contributed by atoms with Crippen LogP contribution < -0.4 is 5.32 Å². The van der Waals surface area contributed by atoms with Crippen molar-refractivity contribution < 1.29 is 5.11 Å². The van der Waals surface area contributed by atoms with Gasteiger partial charge < -0.3 is 10.4 Å². The van der Waals surface area contributed by atoms with Crippen molar-refractivity contribution in [3.63, 3.8) is 0 Å². The van der Waals surface area contributed by atoms with Gasteiger partial charge in [-0.05, 0) is 54.7 Å². The highest BCUT2D eigenvalue weighted by atomic mass is 16.3. The second kappa shape index (κ2) is 5.02. The van der Waals surface area contributed by atoms with Gasteiger partial charge in [0.05, 0.1) is 0 Å². The van der Waals surface area contributed by atoms with E-state index >= 15 is 0 Å². The van der Waals surface area contributed by atoms with Crippen molar-refractivity contribution in [1.29, 1.82) is 0 Å². The second-order valence-corrected chi connectivity index (χ2v) is 5.11. The summed E-state index contributed by atoms with van der Waals surface area (Å²) in [5.41, 5.74) is 3.58. The lowest BCUT2D eigenvalue weighted by molar-refractivity contribution is 0.464. The van der Waals surface area contributed by atoms with Gasteiger partial charge in [0, 0.05) is 24.5 Å². The van der Waals surface area contributed by atoms with E-state index < -0.39 is 0 Å². The minimum Gasteiger partial charge on any atom is -0.508 e. The van der Waals surface area contributed by atoms with E-state index in [9.17, 15) is 5.11 Å². The average molecular weight is 254 g/mol. The van der Waals surface area contributed by atoms with E-state index in [1.54, 1.807) is 6.07 Å². The van der Waals surface area contributed by atoms with E-state index in [1.165, 1.54) is 11.1 Å². The molecule has 0 amide bonds. The number of fused-ring (bicyclic) bond motifs is 1. The van der Waals surface area contributed by atoms with Crippen LogP contribution in [0.15, 0.2) is 42.7 Å². The Balaban J connectivity index is 1.78. The van der Waals surface area contributed by atoms with E-state index in [-0.39, 0.29) is 6.04 Å². The molecule has 0 radical (unpaired) electrons. The van der Waals surface area contributed by atoms with Crippen molar-refractivity contribution in [2.75, 3.05) is 0 Å². The Morgan fingerprint density at radius 3 is 2.84 bits per heavy atom. The van der Waals surface area contributed by atoms with Crippen molar-refractivity contribution in [3.05, 3.63) is 59.4 Å². The second-order valence-electron chi connectivity index (χ2n) is 5.11. The van der Waals surface area contributed by atoms with Gasteiger partial charge in [0.1, 0.15) is 5.75 Å². The highest BCUT2D eigenvalue weighted by molar-refractivity contribution is 5.44. The van der Waals surface area contributed by atoms with Gasteiger partial charge in [-0.25, -0.2) is 0 Å². The summed E-state index contributed by atoms with van der Waals surface area (Å²) in [4.78, 5) is 4.05. The fourth-order valence-corrected chi connectivity index (χ4v) is 2.86. The van der Waals surface area contributed by atoms with E-state index in [0.29, 0.717) is 11.8 Å². The molecular weight excluding hydrogens is 236 g/mol. The zero-order valence-corrected chi connectivity index (χ0v) is 11.0. The maximum atomic E-state index is 9.86. The molecular formula is C16H18N2O. The molecule has 2 N–H and O–H groups in total. The van der Waals surface area contributed by atoms with Crippen molar-refractivity contribution >= 4 is 0 Å². The monoisotopic (exact) mass is 254 g/mol. The van der Waals surface area contributed by atoms with Crippen LogP contribution in [0.25, 0.3) is 0 Å². The molecule has 1 aliphatic rings. The zero-order valence-electron chi connectivity index (χ0n) is 11.0. The molecule has 2 aromatic rings. The van der Waals surface area contributed by atoms with Crippen LogP contribution in [0.4, 0.5) is 0 Å². The minimum absolute atomic E-state index is 0.279. The van der Waals surface area contributed by atoms with Crippen LogP contribution in [0, 0.1) is 0 Å². The number of nitrogens with zero attached hydrogens (tertiary/aromatic N) is 1. The molecule has 0 saturated carbocycles. The summed E-state index contributed by atoms with van der Waals surface area (Å²) in [5.74, 6) is 0.429. The highest BCUT2D eigenvalue weighted by Crippen LogP contribution is 2.37. The standard InChI is InChI=1S/C16H18N2O/c1-11(12-7-9-17-10-8-12)18-15-6-5-14-13(15)3-2-4-16(14)19/h2-4,7-11,15,18-19H,5-6H2,1H3/t11-,15?/m1/s1. The van der Waals surface area contributed by atoms with Gasteiger partial charge in [0.25, 0.3) is 0 Å². The molecule has 3 nitrogen and oxygen atoms in total. The van der Waals surface area contributed by atoms with Gasteiger partial charge in [-0.2, -0.15) is 0 Å². The number of nitrogens with one attached hydrogen (secondary N) is 1. The predicted molar refractivity (Wildman–Crippen MR) is 75.0 cm³/mol.